The fourth-order valence-electron chi connectivity index (χ4n) is 1.13. The molecule has 0 saturated carbocycles. The van der Waals surface area contributed by atoms with E-state index in [-0.39, 0.29) is 5.78 Å². The molecule has 0 amide bonds. The lowest BCUT2D eigenvalue weighted by molar-refractivity contribution is -0.116. The first kappa shape index (κ1) is 11.6. The molecule has 14 heavy (non-hydrogen) atoms. The lowest BCUT2D eigenvalue weighted by Crippen LogP contribution is -2.05. The second-order valence-corrected chi connectivity index (χ2v) is 4.60. The topological polar surface area (TPSA) is 34.1 Å². The molecule has 0 saturated heterocycles. The number of hydrogen-bond acceptors (Lipinski definition) is 2. The summed E-state index contributed by atoms with van der Waals surface area (Å²) in [5.74, 6) is -0.0278. The Bertz CT molecular complexity index is 374. The first-order chi connectivity index (χ1) is 6.57. The van der Waals surface area contributed by atoms with Crippen molar-refractivity contribution in [1.29, 1.82) is 0 Å². The van der Waals surface area contributed by atoms with Crippen LogP contribution >= 0.6 is 31.9 Å². The van der Waals surface area contributed by atoms with E-state index in [9.17, 15) is 9.59 Å². The Hall–Kier alpha value is -0.480. The first-order valence-corrected chi connectivity index (χ1v) is 5.67. The predicted octanol–water partition coefficient (Wildman–Crippen LogP) is 3.29. The highest BCUT2D eigenvalue weighted by molar-refractivity contribution is 9.11. The van der Waals surface area contributed by atoms with Gasteiger partial charge in [0, 0.05) is 10.0 Å². The van der Waals surface area contributed by atoms with Gasteiger partial charge in [0.1, 0.15) is 12.1 Å². The van der Waals surface area contributed by atoms with E-state index in [4.69, 9.17) is 0 Å². The van der Waals surface area contributed by atoms with Gasteiger partial charge >= 0.3 is 0 Å². The highest BCUT2D eigenvalue weighted by Crippen LogP contribution is 2.32. The summed E-state index contributed by atoms with van der Waals surface area (Å²) >= 11 is 6.57. The van der Waals surface area contributed by atoms with Gasteiger partial charge in [-0.1, -0.05) is 44.0 Å². The van der Waals surface area contributed by atoms with Gasteiger partial charge in [-0.25, -0.2) is 0 Å². The molecule has 1 atom stereocenters. The molecule has 1 unspecified atom stereocenters. The smallest absolute Gasteiger partial charge is 0.150 e. The van der Waals surface area contributed by atoms with Crippen LogP contribution in [0.4, 0.5) is 0 Å². The molecule has 0 fully saturated rings. The summed E-state index contributed by atoms with van der Waals surface area (Å²) in [6.07, 6.45) is 0.747. The molecule has 0 spiro atoms. The quantitative estimate of drug-likeness (QED) is 0.633. The van der Waals surface area contributed by atoms with Crippen molar-refractivity contribution in [3.63, 3.8) is 0 Å². The van der Waals surface area contributed by atoms with Crippen LogP contribution in [0.25, 0.3) is 0 Å². The maximum absolute atomic E-state index is 11.2. The van der Waals surface area contributed by atoms with Gasteiger partial charge in [0.2, 0.25) is 0 Å². The van der Waals surface area contributed by atoms with Crippen molar-refractivity contribution in [2.45, 2.75) is 11.8 Å². The molecule has 1 aromatic carbocycles. The third kappa shape index (κ3) is 2.30. The summed E-state index contributed by atoms with van der Waals surface area (Å²) in [7, 11) is 0. The van der Waals surface area contributed by atoms with Crippen LogP contribution in [0.1, 0.15) is 27.7 Å². The van der Waals surface area contributed by atoms with Crippen LogP contribution in [0.2, 0.25) is 0 Å². The number of rotatable bonds is 3. The van der Waals surface area contributed by atoms with E-state index in [0.29, 0.717) is 11.1 Å². The number of aldehydes is 1. The fraction of sp³-hybridized carbons (Fsp3) is 0.200. The number of carbonyl (C=O) groups excluding carboxylic acids is 2. The molecular weight excluding hydrogens is 312 g/mol. The maximum Gasteiger partial charge on any atom is 0.150 e. The van der Waals surface area contributed by atoms with Crippen LogP contribution in [-0.2, 0) is 4.79 Å². The lowest BCUT2D eigenvalue weighted by Gasteiger charge is -2.11. The van der Waals surface area contributed by atoms with E-state index < -0.39 is 4.83 Å². The zero-order valence-corrected chi connectivity index (χ0v) is 10.6. The standard InChI is InChI=1S/C10H8Br2O2/c1-6(14)10(12)9-7(5-13)3-2-4-8(9)11/h2-5,10H,1H3. The average Bonchev–Trinajstić information content (AvgIpc) is 2.16. The van der Waals surface area contributed by atoms with Gasteiger partial charge in [0.25, 0.3) is 0 Å². The highest BCUT2D eigenvalue weighted by atomic mass is 79.9. The van der Waals surface area contributed by atoms with Gasteiger partial charge < -0.3 is 0 Å². The Labute approximate surface area is 98.9 Å². The van der Waals surface area contributed by atoms with Gasteiger partial charge in [-0.05, 0) is 18.6 Å². The second-order valence-electron chi connectivity index (χ2n) is 2.83. The van der Waals surface area contributed by atoms with Crippen molar-refractivity contribution in [3.8, 4) is 0 Å². The minimum atomic E-state index is -0.432. The number of hydrogen-bond donors (Lipinski definition) is 0. The summed E-state index contributed by atoms with van der Waals surface area (Å²) in [5, 5.41) is 0. The number of Topliss-reactive ketones (excluding diaryl/α,β-unsaturated/α-hetero) is 1. The third-order valence-electron chi connectivity index (χ3n) is 1.82. The summed E-state index contributed by atoms with van der Waals surface area (Å²) in [6.45, 7) is 1.48. The van der Waals surface area contributed by atoms with Gasteiger partial charge in [-0.3, -0.25) is 9.59 Å². The molecule has 1 aromatic rings. The van der Waals surface area contributed by atoms with E-state index >= 15 is 0 Å². The average molecular weight is 320 g/mol. The van der Waals surface area contributed by atoms with Crippen molar-refractivity contribution < 1.29 is 9.59 Å². The number of carbonyl (C=O) groups is 2. The third-order valence-corrected chi connectivity index (χ3v) is 3.62. The molecule has 0 aromatic heterocycles. The zero-order chi connectivity index (χ0) is 10.7. The van der Waals surface area contributed by atoms with E-state index in [1.807, 2.05) is 0 Å². The largest absolute Gasteiger partial charge is 0.298 e. The first-order valence-electron chi connectivity index (χ1n) is 3.96. The summed E-state index contributed by atoms with van der Waals surface area (Å²) in [5.41, 5.74) is 1.21. The Morgan fingerprint density at radius 2 is 2.14 bits per heavy atom. The van der Waals surface area contributed by atoms with Crippen molar-refractivity contribution in [3.05, 3.63) is 33.8 Å². The number of halogens is 2. The minimum Gasteiger partial charge on any atom is -0.298 e. The summed E-state index contributed by atoms with van der Waals surface area (Å²) in [6, 6.07) is 5.25. The molecule has 4 heteroatoms. The Morgan fingerprint density at radius 1 is 1.50 bits per heavy atom. The van der Waals surface area contributed by atoms with Crippen molar-refractivity contribution in [2.75, 3.05) is 0 Å². The minimum absolute atomic E-state index is 0.0278. The van der Waals surface area contributed by atoms with Crippen LogP contribution in [0.5, 0.6) is 0 Å². The number of benzene rings is 1. The Morgan fingerprint density at radius 3 is 2.64 bits per heavy atom. The molecule has 0 aliphatic carbocycles. The van der Waals surface area contributed by atoms with Crippen LogP contribution < -0.4 is 0 Å². The summed E-state index contributed by atoms with van der Waals surface area (Å²) in [4.78, 5) is 21.5. The van der Waals surface area contributed by atoms with E-state index in [2.05, 4.69) is 31.9 Å². The lowest BCUT2D eigenvalue weighted by atomic mass is 10.0. The van der Waals surface area contributed by atoms with Crippen LogP contribution in [0, 0.1) is 0 Å². The normalized spacial score (nSPS) is 12.2. The van der Waals surface area contributed by atoms with E-state index in [1.165, 1.54) is 6.92 Å². The second kappa shape index (κ2) is 4.84. The molecule has 2 nitrogen and oxygen atoms in total. The Balaban J connectivity index is 3.30. The molecule has 0 radical (unpaired) electrons. The van der Waals surface area contributed by atoms with Crippen molar-refractivity contribution >= 4 is 43.9 Å². The van der Waals surface area contributed by atoms with Gasteiger partial charge in [-0.15, -0.1) is 0 Å². The maximum atomic E-state index is 11.2. The molecule has 0 bridgehead atoms. The SMILES string of the molecule is CC(=O)C(Br)c1c(Br)cccc1C=O. The van der Waals surface area contributed by atoms with Crippen molar-refractivity contribution in [2.24, 2.45) is 0 Å². The highest BCUT2D eigenvalue weighted by Gasteiger charge is 2.18. The van der Waals surface area contributed by atoms with E-state index in [1.54, 1.807) is 18.2 Å². The van der Waals surface area contributed by atoms with Crippen molar-refractivity contribution in [1.82, 2.24) is 0 Å². The summed E-state index contributed by atoms with van der Waals surface area (Å²) < 4.78 is 0.763. The van der Waals surface area contributed by atoms with Gasteiger partial charge in [0.15, 0.2) is 0 Å². The number of ketones is 1. The molecule has 0 heterocycles. The molecular formula is C10H8Br2O2. The fourth-order valence-corrected chi connectivity index (χ4v) is 2.56. The molecule has 0 N–H and O–H groups in total. The monoisotopic (exact) mass is 318 g/mol. The van der Waals surface area contributed by atoms with Crippen LogP contribution in [-0.4, -0.2) is 12.1 Å². The Kier molecular flexibility index (Phi) is 4.01. The number of alkyl halides is 1. The zero-order valence-electron chi connectivity index (χ0n) is 7.46. The molecule has 74 valence electrons. The molecule has 0 aliphatic rings. The van der Waals surface area contributed by atoms with Crippen LogP contribution in [0.15, 0.2) is 22.7 Å². The van der Waals surface area contributed by atoms with E-state index in [0.717, 1.165) is 10.8 Å². The van der Waals surface area contributed by atoms with Gasteiger partial charge in [-0.2, -0.15) is 0 Å². The molecule has 1 rings (SSSR count). The van der Waals surface area contributed by atoms with Crippen LogP contribution in [0.3, 0.4) is 0 Å². The predicted molar refractivity (Wildman–Crippen MR) is 61.9 cm³/mol. The van der Waals surface area contributed by atoms with Gasteiger partial charge in [0.05, 0.1) is 4.83 Å². The molecule has 0 aliphatic heterocycles.